The standard InChI is InChI=1S/C21H16ClN3O3S/c1-2-28-21(27)18(25-23)19(26)20-16(24-15-10-8-14(22)9-11-15)12-17(29-20)13-6-4-3-5-7-13/h3-12H,2H2,1H3,(H-,24,26,27)/p+1. The lowest BCUT2D eigenvalue weighted by Crippen LogP contribution is -2.07. The predicted molar refractivity (Wildman–Crippen MR) is 116 cm³/mol. The number of nitrogens with one attached hydrogen (secondary N) is 1. The molecule has 6 nitrogen and oxygen atoms in total. The molecule has 1 aromatic heterocycles. The van der Waals surface area contributed by atoms with Crippen molar-refractivity contribution in [2.45, 2.75) is 6.92 Å². The second-order valence-corrected chi connectivity index (χ2v) is 7.36. The average molecular weight is 427 g/mol. The molecule has 0 radical (unpaired) electrons. The molecule has 0 unspecified atom stereocenters. The number of diazo groups is 1. The first kappa shape index (κ1) is 20.4. The molecule has 2 N–H and O–H groups in total. The Morgan fingerprint density at radius 1 is 1.21 bits per heavy atom. The quantitative estimate of drug-likeness (QED) is 0.204. The summed E-state index contributed by atoms with van der Waals surface area (Å²) in [4.78, 5) is 16.2. The van der Waals surface area contributed by atoms with Gasteiger partial charge >= 0.3 is 11.7 Å². The third-order valence-electron chi connectivity index (χ3n) is 3.92. The molecule has 0 fully saturated rings. The van der Waals surface area contributed by atoms with Crippen molar-refractivity contribution in [2.24, 2.45) is 0 Å². The van der Waals surface area contributed by atoms with Crippen LogP contribution in [0, 0.1) is 5.39 Å². The Hall–Kier alpha value is -3.34. The molecule has 0 atom stereocenters. The molecular formula is C21H17ClN3O3S+. The minimum absolute atomic E-state index is 0.0840. The van der Waals surface area contributed by atoms with Crippen molar-refractivity contribution < 1.29 is 14.6 Å². The molecule has 0 bridgehead atoms. The van der Waals surface area contributed by atoms with E-state index in [1.54, 1.807) is 31.2 Å². The maximum Gasteiger partial charge on any atom is 0.510 e. The van der Waals surface area contributed by atoms with Gasteiger partial charge in [-0.05, 0) is 42.8 Å². The second kappa shape index (κ2) is 9.24. The van der Waals surface area contributed by atoms with E-state index >= 15 is 0 Å². The molecule has 1 heterocycles. The molecule has 0 aliphatic carbocycles. The summed E-state index contributed by atoms with van der Waals surface area (Å²) in [6, 6.07) is 18.5. The molecule has 0 saturated carbocycles. The van der Waals surface area contributed by atoms with Crippen molar-refractivity contribution in [2.75, 3.05) is 11.9 Å². The third-order valence-corrected chi connectivity index (χ3v) is 5.36. The maximum atomic E-state index is 12.0. The van der Waals surface area contributed by atoms with Crippen molar-refractivity contribution in [1.29, 1.82) is 5.39 Å². The first-order chi connectivity index (χ1) is 14.0. The summed E-state index contributed by atoms with van der Waals surface area (Å²) >= 11 is 7.19. The zero-order chi connectivity index (χ0) is 20.8. The Kier molecular flexibility index (Phi) is 6.50. The number of anilines is 2. The molecular weight excluding hydrogens is 410 g/mol. The molecule has 0 aliphatic heterocycles. The van der Waals surface area contributed by atoms with Crippen LogP contribution < -0.4 is 5.32 Å². The van der Waals surface area contributed by atoms with E-state index in [1.165, 1.54) is 11.3 Å². The number of esters is 1. The number of hydrogen-bond donors (Lipinski definition) is 2. The molecule has 29 heavy (non-hydrogen) atoms. The molecule has 8 heteroatoms. The lowest BCUT2D eigenvalue weighted by molar-refractivity contribution is -0.138. The Balaban J connectivity index is 2.10. The van der Waals surface area contributed by atoms with E-state index in [4.69, 9.17) is 16.3 Å². The van der Waals surface area contributed by atoms with E-state index in [-0.39, 0.29) is 6.61 Å². The molecule has 0 spiro atoms. The first-order valence-corrected chi connectivity index (χ1v) is 9.90. The van der Waals surface area contributed by atoms with E-state index in [9.17, 15) is 15.3 Å². The van der Waals surface area contributed by atoms with Gasteiger partial charge in [0.15, 0.2) is 4.98 Å². The van der Waals surface area contributed by atoms with Crippen LogP contribution in [0.3, 0.4) is 0 Å². The van der Waals surface area contributed by atoms with E-state index in [0.29, 0.717) is 15.6 Å². The number of thiophene rings is 1. The number of nitrogens with zero attached hydrogens (tertiary/aromatic N) is 2. The number of aliphatic hydroxyl groups excluding tert-OH is 1. The summed E-state index contributed by atoms with van der Waals surface area (Å²) in [7, 11) is 0. The zero-order valence-electron chi connectivity index (χ0n) is 15.4. The molecule has 0 saturated heterocycles. The molecule has 2 aromatic carbocycles. The van der Waals surface area contributed by atoms with Crippen molar-refractivity contribution in [3.05, 3.63) is 81.2 Å². The van der Waals surface area contributed by atoms with Crippen LogP contribution in [0.5, 0.6) is 0 Å². The number of hydrogen-bond acceptors (Lipinski definition) is 6. The van der Waals surface area contributed by atoms with Crippen LogP contribution in [0.15, 0.2) is 66.4 Å². The Labute approximate surface area is 176 Å². The number of carbonyl (C=O) groups is 1. The largest absolute Gasteiger partial charge is 0.510 e. The smallest absolute Gasteiger partial charge is 0.500 e. The van der Waals surface area contributed by atoms with E-state index in [0.717, 1.165) is 16.1 Å². The summed E-state index contributed by atoms with van der Waals surface area (Å²) in [5.74, 6) is -1.39. The average Bonchev–Trinajstić information content (AvgIpc) is 3.15. The lowest BCUT2D eigenvalue weighted by atomic mass is 10.2. The monoisotopic (exact) mass is 426 g/mol. The fourth-order valence-electron chi connectivity index (χ4n) is 2.59. The van der Waals surface area contributed by atoms with Gasteiger partial charge in [-0.2, -0.15) is 0 Å². The van der Waals surface area contributed by atoms with Crippen LogP contribution in [0.2, 0.25) is 5.02 Å². The van der Waals surface area contributed by atoms with Crippen molar-refractivity contribution in [1.82, 2.24) is 0 Å². The van der Waals surface area contributed by atoms with Gasteiger partial charge < -0.3 is 15.2 Å². The Bertz CT molecular complexity index is 1090. The van der Waals surface area contributed by atoms with Gasteiger partial charge in [-0.1, -0.05) is 41.9 Å². The summed E-state index contributed by atoms with van der Waals surface area (Å²) in [5, 5.41) is 23.8. The summed E-state index contributed by atoms with van der Waals surface area (Å²) in [5.41, 5.74) is 1.65. The number of halogens is 1. The fourth-order valence-corrected chi connectivity index (χ4v) is 3.77. The van der Waals surface area contributed by atoms with E-state index < -0.39 is 17.4 Å². The van der Waals surface area contributed by atoms with Crippen LogP contribution >= 0.6 is 22.9 Å². The maximum absolute atomic E-state index is 12.0. The Morgan fingerprint density at radius 3 is 2.52 bits per heavy atom. The van der Waals surface area contributed by atoms with Gasteiger partial charge in [-0.25, -0.2) is 4.79 Å². The van der Waals surface area contributed by atoms with Crippen LogP contribution in [0.1, 0.15) is 11.8 Å². The minimum atomic E-state index is -0.917. The minimum Gasteiger partial charge on any atom is -0.500 e. The highest BCUT2D eigenvalue weighted by Crippen LogP contribution is 2.40. The van der Waals surface area contributed by atoms with Gasteiger partial charge in [0.1, 0.15) is 4.88 Å². The lowest BCUT2D eigenvalue weighted by Gasteiger charge is -2.06. The molecule has 146 valence electrons. The van der Waals surface area contributed by atoms with Crippen molar-refractivity contribution >= 4 is 46.0 Å². The predicted octanol–water partition coefficient (Wildman–Crippen LogP) is 6.45. The van der Waals surface area contributed by atoms with Crippen LogP contribution in [-0.2, 0) is 9.53 Å². The Morgan fingerprint density at radius 2 is 1.90 bits per heavy atom. The van der Waals surface area contributed by atoms with Gasteiger partial charge in [-0.15, -0.1) is 11.3 Å². The molecule has 0 aliphatic rings. The van der Waals surface area contributed by atoms with Crippen molar-refractivity contribution in [3.63, 3.8) is 0 Å². The second-order valence-electron chi connectivity index (χ2n) is 5.87. The summed E-state index contributed by atoms with van der Waals surface area (Å²) in [6.07, 6.45) is 0. The summed E-state index contributed by atoms with van der Waals surface area (Å²) in [6.45, 7) is 1.71. The number of aliphatic hydroxyl groups is 1. The summed E-state index contributed by atoms with van der Waals surface area (Å²) < 4.78 is 4.86. The highest BCUT2D eigenvalue weighted by molar-refractivity contribution is 7.17. The first-order valence-electron chi connectivity index (χ1n) is 8.71. The van der Waals surface area contributed by atoms with Gasteiger partial charge in [0.2, 0.25) is 11.2 Å². The molecule has 3 aromatic rings. The molecule has 0 amide bonds. The zero-order valence-corrected chi connectivity index (χ0v) is 17.0. The van der Waals surface area contributed by atoms with Crippen LogP contribution in [0.4, 0.5) is 11.4 Å². The topological polar surface area (TPSA) is 86.7 Å². The fraction of sp³-hybridized carbons (Fsp3) is 0.0952. The number of carbonyl (C=O) groups excluding carboxylic acids is 1. The van der Waals surface area contributed by atoms with Crippen molar-refractivity contribution in [3.8, 4) is 10.4 Å². The number of rotatable bonds is 6. The van der Waals surface area contributed by atoms with E-state index in [2.05, 4.69) is 10.3 Å². The number of ether oxygens (including phenoxy) is 1. The highest BCUT2D eigenvalue weighted by Gasteiger charge is 2.33. The van der Waals surface area contributed by atoms with Crippen LogP contribution in [-0.4, -0.2) is 17.7 Å². The van der Waals surface area contributed by atoms with Gasteiger partial charge in [-0.3, -0.25) is 0 Å². The normalized spacial score (nSPS) is 11.3. The molecule has 3 rings (SSSR count). The van der Waals surface area contributed by atoms with E-state index in [1.807, 2.05) is 36.4 Å². The van der Waals surface area contributed by atoms with Gasteiger partial charge in [0, 0.05) is 15.6 Å². The SMILES string of the molecule is CCOC(=O)/C([N+]#N)=C(\O)c1sc(-c2ccccc2)cc1Nc1ccc(Cl)cc1. The number of benzene rings is 2. The van der Waals surface area contributed by atoms with Gasteiger partial charge in [0.25, 0.3) is 0 Å². The van der Waals surface area contributed by atoms with Crippen LogP contribution in [0.25, 0.3) is 21.2 Å². The van der Waals surface area contributed by atoms with Gasteiger partial charge in [0.05, 0.1) is 12.3 Å². The third kappa shape index (κ3) is 4.74. The highest BCUT2D eigenvalue weighted by atomic mass is 35.5.